The predicted molar refractivity (Wildman–Crippen MR) is 171 cm³/mol. The number of hydrogen-bond donors (Lipinski definition) is 2. The van der Waals surface area contributed by atoms with Gasteiger partial charge in [-0.2, -0.15) is 4.98 Å². The Hall–Kier alpha value is -2.95. The maximum absolute atomic E-state index is 12.1. The van der Waals surface area contributed by atoms with Crippen LogP contribution >= 0.6 is 0 Å². The fourth-order valence-electron chi connectivity index (χ4n) is 3.56. The summed E-state index contributed by atoms with van der Waals surface area (Å²) in [6.45, 7) is 11.1. The molecule has 0 aliphatic carbocycles. The van der Waals surface area contributed by atoms with Gasteiger partial charge >= 0.3 is 6.01 Å². The topological polar surface area (TPSA) is 164 Å². The number of nitrogens with one attached hydrogen (secondary N) is 1. The van der Waals surface area contributed by atoms with Crippen molar-refractivity contribution < 1.29 is 47.4 Å². The molecule has 1 heterocycles. The summed E-state index contributed by atoms with van der Waals surface area (Å²) in [6.07, 6.45) is 2.84. The lowest BCUT2D eigenvalue weighted by molar-refractivity contribution is -0.122. The van der Waals surface area contributed by atoms with Crippen LogP contribution in [0.25, 0.3) is 0 Å². The summed E-state index contributed by atoms with van der Waals surface area (Å²) in [5.41, 5.74) is 7.56. The molecule has 1 amide bonds. The molecule has 0 fully saturated rings. The summed E-state index contributed by atoms with van der Waals surface area (Å²) in [6, 6.07) is 9.56. The minimum Gasteiger partial charge on any atom is -0.459 e. The average Bonchev–Trinajstić information content (AvgIpc) is 3.07. The number of carbonyl (C=O) groups excluding carboxylic acids is 1. The number of amides is 1. The van der Waals surface area contributed by atoms with Crippen molar-refractivity contribution in [1.82, 2.24) is 15.3 Å². The highest BCUT2D eigenvalue weighted by Crippen LogP contribution is 2.09. The molecule has 0 aliphatic rings. The molecule has 46 heavy (non-hydrogen) atoms. The van der Waals surface area contributed by atoms with Gasteiger partial charge in [-0.15, -0.1) is 0 Å². The molecule has 0 spiro atoms. The quantitative estimate of drug-likeness (QED) is 0.114. The van der Waals surface area contributed by atoms with Crippen molar-refractivity contribution in [2.45, 2.75) is 32.9 Å². The standard InChI is InChI=1S/C32H52N4O10/c1-2-10-38-12-14-40-16-18-42-20-22-44-24-25-45-23-21-43-19-17-41-15-13-39-11-8-31(37)35-26-28-3-5-29(6-4-28)27-46-32-34-9-7-30(33)36-32/h3-7,9H,2,8,10-27H2,1H3,(H,35,37)(H2,33,34,36). The molecule has 0 aliphatic heterocycles. The van der Waals surface area contributed by atoms with Crippen LogP contribution in [-0.2, 0) is 55.8 Å². The van der Waals surface area contributed by atoms with Gasteiger partial charge < -0.3 is 53.7 Å². The Labute approximate surface area is 272 Å². The monoisotopic (exact) mass is 652 g/mol. The molecule has 2 aromatic rings. The highest BCUT2D eigenvalue weighted by molar-refractivity contribution is 5.75. The molecule has 14 nitrogen and oxygen atoms in total. The van der Waals surface area contributed by atoms with E-state index in [-0.39, 0.29) is 18.3 Å². The molecule has 2 rings (SSSR count). The lowest BCUT2D eigenvalue weighted by Crippen LogP contribution is -2.24. The van der Waals surface area contributed by atoms with E-state index in [1.807, 2.05) is 24.3 Å². The zero-order valence-electron chi connectivity index (χ0n) is 27.2. The largest absolute Gasteiger partial charge is 0.459 e. The lowest BCUT2D eigenvalue weighted by atomic mass is 10.1. The van der Waals surface area contributed by atoms with Crippen molar-refractivity contribution in [1.29, 1.82) is 0 Å². The normalized spacial score (nSPS) is 11.2. The van der Waals surface area contributed by atoms with Gasteiger partial charge in [-0.25, -0.2) is 4.98 Å². The lowest BCUT2D eigenvalue weighted by Gasteiger charge is -2.09. The number of carbonyl (C=O) groups is 1. The first kappa shape index (κ1) is 39.2. The van der Waals surface area contributed by atoms with Crippen LogP contribution in [0.2, 0.25) is 0 Å². The second-order valence-electron chi connectivity index (χ2n) is 9.79. The Kier molecular flexibility index (Phi) is 24.1. The van der Waals surface area contributed by atoms with Crippen molar-refractivity contribution in [2.24, 2.45) is 0 Å². The summed E-state index contributed by atoms with van der Waals surface area (Å²) < 4.78 is 49.1. The number of benzene rings is 1. The number of nitrogen functional groups attached to an aromatic ring is 1. The van der Waals surface area contributed by atoms with E-state index in [4.69, 9.17) is 48.4 Å². The summed E-state index contributed by atoms with van der Waals surface area (Å²) in [5, 5.41) is 2.89. The second-order valence-corrected chi connectivity index (χ2v) is 9.79. The smallest absolute Gasteiger partial charge is 0.318 e. The van der Waals surface area contributed by atoms with Gasteiger partial charge in [0.15, 0.2) is 0 Å². The minimum atomic E-state index is -0.0792. The van der Waals surface area contributed by atoms with Crippen LogP contribution in [0.15, 0.2) is 36.5 Å². The second kappa shape index (κ2) is 28.3. The first-order valence-electron chi connectivity index (χ1n) is 15.8. The Balaban J connectivity index is 1.27. The van der Waals surface area contributed by atoms with Gasteiger partial charge in [0.1, 0.15) is 12.4 Å². The first-order chi connectivity index (χ1) is 22.7. The van der Waals surface area contributed by atoms with Crippen LogP contribution in [0.1, 0.15) is 30.9 Å². The summed E-state index contributed by atoms with van der Waals surface area (Å²) in [4.78, 5) is 20.1. The maximum atomic E-state index is 12.1. The molecule has 3 N–H and O–H groups in total. The van der Waals surface area contributed by atoms with E-state index in [0.717, 1.165) is 24.2 Å². The fraction of sp³-hybridized carbons (Fsp3) is 0.656. The Morgan fingerprint density at radius 2 is 1.07 bits per heavy atom. The van der Waals surface area contributed by atoms with Crippen LogP contribution in [0.3, 0.4) is 0 Å². The first-order valence-corrected chi connectivity index (χ1v) is 15.8. The van der Waals surface area contributed by atoms with Gasteiger partial charge in [-0.1, -0.05) is 31.2 Å². The summed E-state index contributed by atoms with van der Waals surface area (Å²) in [5.74, 6) is 0.276. The highest BCUT2D eigenvalue weighted by Gasteiger charge is 2.04. The molecular weight excluding hydrogens is 600 g/mol. The third-order valence-electron chi connectivity index (χ3n) is 5.96. The fourth-order valence-corrected chi connectivity index (χ4v) is 3.56. The highest BCUT2D eigenvalue weighted by atomic mass is 16.6. The molecule has 0 unspecified atom stereocenters. The van der Waals surface area contributed by atoms with Crippen molar-refractivity contribution in [3.63, 3.8) is 0 Å². The van der Waals surface area contributed by atoms with Crippen LogP contribution in [0.4, 0.5) is 5.82 Å². The zero-order valence-corrected chi connectivity index (χ0v) is 27.2. The van der Waals surface area contributed by atoms with E-state index >= 15 is 0 Å². The minimum absolute atomic E-state index is 0.0792. The van der Waals surface area contributed by atoms with E-state index in [2.05, 4.69) is 22.2 Å². The van der Waals surface area contributed by atoms with Gasteiger partial charge in [0.05, 0.1) is 99.1 Å². The van der Waals surface area contributed by atoms with E-state index in [1.54, 1.807) is 12.3 Å². The van der Waals surface area contributed by atoms with Gasteiger partial charge in [-0.05, 0) is 23.6 Å². The van der Waals surface area contributed by atoms with Crippen molar-refractivity contribution in [3.05, 3.63) is 47.7 Å². The molecule has 14 heteroatoms. The maximum Gasteiger partial charge on any atom is 0.318 e. The Morgan fingerprint density at radius 1 is 0.630 bits per heavy atom. The van der Waals surface area contributed by atoms with Crippen molar-refractivity contribution >= 4 is 11.7 Å². The molecule has 0 bridgehead atoms. The molecule has 0 atom stereocenters. The Bertz CT molecular complexity index is 1000. The molecule has 1 aromatic carbocycles. The third-order valence-corrected chi connectivity index (χ3v) is 5.96. The third kappa shape index (κ3) is 22.5. The number of ether oxygens (including phenoxy) is 9. The van der Waals surface area contributed by atoms with E-state index in [9.17, 15) is 4.79 Å². The molecule has 260 valence electrons. The van der Waals surface area contributed by atoms with Crippen molar-refractivity contribution in [3.8, 4) is 6.01 Å². The van der Waals surface area contributed by atoms with E-state index in [1.165, 1.54) is 0 Å². The van der Waals surface area contributed by atoms with Crippen molar-refractivity contribution in [2.75, 3.05) is 111 Å². The van der Waals surface area contributed by atoms with Gasteiger partial charge in [-0.3, -0.25) is 4.79 Å². The van der Waals surface area contributed by atoms with Crippen LogP contribution in [0.5, 0.6) is 6.01 Å². The molecule has 1 aromatic heterocycles. The van der Waals surface area contributed by atoms with Gasteiger partial charge in [0, 0.05) is 25.8 Å². The number of aromatic nitrogens is 2. The van der Waals surface area contributed by atoms with Crippen LogP contribution in [-0.4, -0.2) is 122 Å². The zero-order chi connectivity index (χ0) is 32.8. The number of rotatable bonds is 31. The predicted octanol–water partition coefficient (Wildman–Crippen LogP) is 2.19. The summed E-state index contributed by atoms with van der Waals surface area (Å²) >= 11 is 0. The van der Waals surface area contributed by atoms with E-state index in [0.29, 0.717) is 118 Å². The molecular formula is C32H52N4O10. The number of nitrogens with two attached hydrogens (primary N) is 1. The van der Waals surface area contributed by atoms with Gasteiger partial charge in [0.2, 0.25) is 5.91 Å². The van der Waals surface area contributed by atoms with Gasteiger partial charge in [0.25, 0.3) is 0 Å². The van der Waals surface area contributed by atoms with Crippen LogP contribution in [0, 0.1) is 0 Å². The Morgan fingerprint density at radius 3 is 1.52 bits per heavy atom. The summed E-state index contributed by atoms with van der Waals surface area (Å²) in [7, 11) is 0. The van der Waals surface area contributed by atoms with Crippen LogP contribution < -0.4 is 15.8 Å². The molecule has 0 saturated heterocycles. The molecule has 0 radical (unpaired) electrons. The number of nitrogens with zero attached hydrogens (tertiary/aromatic N) is 2. The van der Waals surface area contributed by atoms with E-state index < -0.39 is 0 Å². The number of anilines is 1. The SMILES string of the molecule is CCCOCCOCCOCCOCCOCCOCCOCCOCCC(=O)NCc1ccc(COc2nccc(N)n2)cc1. The number of hydrogen-bond acceptors (Lipinski definition) is 13. The molecule has 0 saturated carbocycles. The average molecular weight is 653 g/mol.